The van der Waals surface area contributed by atoms with E-state index in [9.17, 15) is 4.79 Å². The zero-order valence-electron chi connectivity index (χ0n) is 11.7. The van der Waals surface area contributed by atoms with Crippen LogP contribution in [0.1, 0.15) is 48.5 Å². The fourth-order valence-electron chi connectivity index (χ4n) is 2.60. The molecular weight excluding hydrogens is 302 g/mol. The minimum absolute atomic E-state index is 0.187. The first-order chi connectivity index (χ1) is 9.11. The van der Waals surface area contributed by atoms with Gasteiger partial charge in [0.2, 0.25) is 0 Å². The van der Waals surface area contributed by atoms with Gasteiger partial charge in [-0.15, -0.1) is 0 Å². The van der Waals surface area contributed by atoms with Gasteiger partial charge in [-0.2, -0.15) is 0 Å². The van der Waals surface area contributed by atoms with Crippen LogP contribution >= 0.6 is 15.9 Å². The number of amides is 1. The highest BCUT2D eigenvalue weighted by molar-refractivity contribution is 9.09. The van der Waals surface area contributed by atoms with Gasteiger partial charge in [-0.25, -0.2) is 0 Å². The number of carbonyl (C=O) groups excluding carboxylic acids is 1. The molecule has 1 aromatic rings. The van der Waals surface area contributed by atoms with Crippen LogP contribution in [0.5, 0.6) is 0 Å². The lowest BCUT2D eigenvalue weighted by Crippen LogP contribution is -2.28. The Labute approximate surface area is 124 Å². The number of carbonyl (C=O) groups is 1. The summed E-state index contributed by atoms with van der Waals surface area (Å²) in [6, 6.07) is 8.08. The Kier molecular flexibility index (Phi) is 5.03. The molecule has 3 heteroatoms. The van der Waals surface area contributed by atoms with E-state index >= 15 is 0 Å². The third-order valence-corrected chi connectivity index (χ3v) is 4.37. The molecule has 19 heavy (non-hydrogen) atoms. The summed E-state index contributed by atoms with van der Waals surface area (Å²) < 4.78 is 0. The molecule has 0 bridgehead atoms. The molecule has 0 radical (unpaired) electrons. The molecule has 1 heterocycles. The third-order valence-electron chi connectivity index (χ3n) is 3.91. The van der Waals surface area contributed by atoms with Crippen LogP contribution in [0, 0.1) is 5.92 Å². The SMILES string of the molecule is CC(C)c1ccc(C(=O)N2CCC(CCBr)C2)cc1. The summed E-state index contributed by atoms with van der Waals surface area (Å²) >= 11 is 3.48. The molecule has 0 N–H and O–H groups in total. The predicted octanol–water partition coefficient (Wildman–Crippen LogP) is 4.06. The van der Waals surface area contributed by atoms with E-state index in [4.69, 9.17) is 0 Å². The van der Waals surface area contributed by atoms with Crippen molar-refractivity contribution >= 4 is 21.8 Å². The summed E-state index contributed by atoms with van der Waals surface area (Å²) in [6.07, 6.45) is 2.30. The molecule has 2 rings (SSSR count). The number of benzene rings is 1. The average molecular weight is 324 g/mol. The van der Waals surface area contributed by atoms with Crippen LogP contribution in [0.15, 0.2) is 24.3 Å². The van der Waals surface area contributed by atoms with Crippen LogP contribution in [0.2, 0.25) is 0 Å². The summed E-state index contributed by atoms with van der Waals surface area (Å²) in [5.41, 5.74) is 2.11. The number of halogens is 1. The number of hydrogen-bond acceptors (Lipinski definition) is 1. The van der Waals surface area contributed by atoms with Crippen LogP contribution in [-0.4, -0.2) is 29.2 Å². The van der Waals surface area contributed by atoms with Crippen LogP contribution in [0.3, 0.4) is 0 Å². The summed E-state index contributed by atoms with van der Waals surface area (Å²) in [5, 5.41) is 1.03. The number of hydrogen-bond donors (Lipinski definition) is 0. The quantitative estimate of drug-likeness (QED) is 0.765. The van der Waals surface area contributed by atoms with Gasteiger partial charge in [0.25, 0.3) is 5.91 Å². The summed E-state index contributed by atoms with van der Waals surface area (Å²) in [4.78, 5) is 14.4. The second-order valence-corrected chi connectivity index (χ2v) is 6.45. The standard InChI is InChI=1S/C16H22BrNO/c1-12(2)14-3-5-15(6-4-14)16(19)18-10-8-13(11-18)7-9-17/h3-6,12-13H,7-11H2,1-2H3. The Bertz CT molecular complexity index is 427. The fraction of sp³-hybridized carbons (Fsp3) is 0.562. The van der Waals surface area contributed by atoms with E-state index in [-0.39, 0.29) is 5.91 Å². The predicted molar refractivity (Wildman–Crippen MR) is 83.0 cm³/mol. The number of alkyl halides is 1. The highest BCUT2D eigenvalue weighted by atomic mass is 79.9. The highest BCUT2D eigenvalue weighted by Crippen LogP contribution is 2.23. The first-order valence-corrected chi connectivity index (χ1v) is 8.19. The van der Waals surface area contributed by atoms with Gasteiger partial charge >= 0.3 is 0 Å². The second kappa shape index (κ2) is 6.56. The molecule has 0 spiro atoms. The van der Waals surface area contributed by atoms with Gasteiger partial charge < -0.3 is 4.90 Å². The molecule has 0 aliphatic carbocycles. The van der Waals surface area contributed by atoms with E-state index in [2.05, 4.69) is 41.9 Å². The normalized spacial score (nSPS) is 19.2. The van der Waals surface area contributed by atoms with Gasteiger partial charge in [0.1, 0.15) is 0 Å². The molecule has 1 unspecified atom stereocenters. The zero-order chi connectivity index (χ0) is 13.8. The molecule has 1 fully saturated rings. The Morgan fingerprint density at radius 1 is 1.37 bits per heavy atom. The molecular formula is C16H22BrNO. The molecule has 1 amide bonds. The van der Waals surface area contributed by atoms with Gasteiger partial charge in [-0.3, -0.25) is 4.79 Å². The van der Waals surface area contributed by atoms with E-state index in [1.165, 1.54) is 5.56 Å². The van der Waals surface area contributed by atoms with Crippen molar-refractivity contribution in [3.8, 4) is 0 Å². The van der Waals surface area contributed by atoms with E-state index in [1.54, 1.807) is 0 Å². The first-order valence-electron chi connectivity index (χ1n) is 7.07. The minimum atomic E-state index is 0.187. The van der Waals surface area contributed by atoms with Crippen molar-refractivity contribution < 1.29 is 4.79 Å². The smallest absolute Gasteiger partial charge is 0.253 e. The van der Waals surface area contributed by atoms with Crippen molar-refractivity contribution in [1.82, 2.24) is 4.90 Å². The first kappa shape index (κ1) is 14.6. The molecule has 1 atom stereocenters. The van der Waals surface area contributed by atoms with Crippen molar-refractivity contribution in [3.63, 3.8) is 0 Å². The topological polar surface area (TPSA) is 20.3 Å². The monoisotopic (exact) mass is 323 g/mol. The van der Waals surface area contributed by atoms with Gasteiger partial charge in [0.05, 0.1) is 0 Å². The van der Waals surface area contributed by atoms with E-state index in [0.29, 0.717) is 11.8 Å². The maximum Gasteiger partial charge on any atom is 0.253 e. The number of nitrogens with zero attached hydrogens (tertiary/aromatic N) is 1. The Morgan fingerprint density at radius 3 is 2.63 bits per heavy atom. The van der Waals surface area contributed by atoms with Crippen molar-refractivity contribution in [1.29, 1.82) is 0 Å². The van der Waals surface area contributed by atoms with E-state index in [0.717, 1.165) is 36.8 Å². The summed E-state index contributed by atoms with van der Waals surface area (Å²) in [5.74, 6) is 1.37. The van der Waals surface area contributed by atoms with Crippen molar-refractivity contribution in [2.45, 2.75) is 32.6 Å². The number of rotatable bonds is 4. The molecule has 1 aromatic carbocycles. The Hall–Kier alpha value is -0.830. The largest absolute Gasteiger partial charge is 0.338 e. The molecule has 1 aliphatic rings. The second-order valence-electron chi connectivity index (χ2n) is 5.66. The van der Waals surface area contributed by atoms with Crippen LogP contribution < -0.4 is 0 Å². The van der Waals surface area contributed by atoms with Crippen LogP contribution in [-0.2, 0) is 0 Å². The van der Waals surface area contributed by atoms with Crippen molar-refractivity contribution in [2.24, 2.45) is 5.92 Å². The highest BCUT2D eigenvalue weighted by Gasteiger charge is 2.26. The summed E-state index contributed by atoms with van der Waals surface area (Å²) in [6.45, 7) is 6.16. The summed E-state index contributed by atoms with van der Waals surface area (Å²) in [7, 11) is 0. The van der Waals surface area contributed by atoms with Gasteiger partial charge in [-0.1, -0.05) is 41.9 Å². The maximum absolute atomic E-state index is 12.4. The lowest BCUT2D eigenvalue weighted by molar-refractivity contribution is 0.0787. The van der Waals surface area contributed by atoms with Gasteiger partial charge in [0, 0.05) is 24.0 Å². The lowest BCUT2D eigenvalue weighted by Gasteiger charge is -2.17. The van der Waals surface area contributed by atoms with Crippen LogP contribution in [0.4, 0.5) is 0 Å². The molecule has 0 aromatic heterocycles. The Balaban J connectivity index is 2.00. The fourth-order valence-corrected chi connectivity index (χ4v) is 3.25. The van der Waals surface area contributed by atoms with Crippen molar-refractivity contribution in [3.05, 3.63) is 35.4 Å². The molecule has 104 valence electrons. The van der Waals surface area contributed by atoms with E-state index in [1.807, 2.05) is 17.0 Å². The zero-order valence-corrected chi connectivity index (χ0v) is 13.3. The average Bonchev–Trinajstić information content (AvgIpc) is 2.87. The molecule has 2 nitrogen and oxygen atoms in total. The minimum Gasteiger partial charge on any atom is -0.338 e. The molecule has 0 saturated carbocycles. The van der Waals surface area contributed by atoms with E-state index < -0.39 is 0 Å². The van der Waals surface area contributed by atoms with Gasteiger partial charge in [0.15, 0.2) is 0 Å². The molecule has 1 saturated heterocycles. The Morgan fingerprint density at radius 2 is 2.05 bits per heavy atom. The van der Waals surface area contributed by atoms with Crippen molar-refractivity contribution in [2.75, 3.05) is 18.4 Å². The van der Waals surface area contributed by atoms with Gasteiger partial charge in [-0.05, 0) is 42.4 Å². The number of likely N-dealkylation sites (tertiary alicyclic amines) is 1. The lowest BCUT2D eigenvalue weighted by atomic mass is 10.0. The van der Waals surface area contributed by atoms with Crippen LogP contribution in [0.25, 0.3) is 0 Å². The molecule has 1 aliphatic heterocycles. The third kappa shape index (κ3) is 3.59. The maximum atomic E-state index is 12.4.